The summed E-state index contributed by atoms with van der Waals surface area (Å²) in [6, 6.07) is 3.48. The minimum Gasteiger partial charge on any atom is -0.490 e. The van der Waals surface area contributed by atoms with Crippen molar-refractivity contribution in [2.24, 2.45) is 5.10 Å². The number of hydrogen-bond donors (Lipinski definition) is 1. The molecule has 140 valence electrons. The van der Waals surface area contributed by atoms with Gasteiger partial charge in [0, 0.05) is 10.0 Å². The van der Waals surface area contributed by atoms with Crippen molar-refractivity contribution < 1.29 is 19.0 Å². The molecule has 0 bridgehead atoms. The topological polar surface area (TPSA) is 101 Å². The monoisotopic (exact) mass is 424 g/mol. The summed E-state index contributed by atoms with van der Waals surface area (Å²) in [5.74, 6) is 0.787. The van der Waals surface area contributed by atoms with Crippen LogP contribution >= 0.6 is 15.9 Å². The predicted molar refractivity (Wildman–Crippen MR) is 102 cm³/mol. The van der Waals surface area contributed by atoms with Gasteiger partial charge in [0.05, 0.1) is 31.3 Å². The number of benzene rings is 1. The Morgan fingerprint density at radius 3 is 2.65 bits per heavy atom. The zero-order valence-electron chi connectivity index (χ0n) is 14.9. The number of imidazole rings is 1. The lowest BCUT2D eigenvalue weighted by molar-refractivity contribution is -0.145. The molecule has 0 saturated carbocycles. The van der Waals surface area contributed by atoms with Crippen LogP contribution in [0, 0.1) is 6.92 Å². The van der Waals surface area contributed by atoms with Gasteiger partial charge in [-0.3, -0.25) is 0 Å². The summed E-state index contributed by atoms with van der Waals surface area (Å²) in [5, 5.41) is 4.29. The first-order chi connectivity index (χ1) is 12.4. The van der Waals surface area contributed by atoms with E-state index in [4.69, 9.17) is 19.9 Å². The molecule has 0 atom stereocenters. The highest BCUT2D eigenvalue weighted by molar-refractivity contribution is 9.10. The van der Waals surface area contributed by atoms with E-state index >= 15 is 0 Å². The summed E-state index contributed by atoms with van der Waals surface area (Å²) < 4.78 is 18.2. The average molecular weight is 425 g/mol. The molecular weight excluding hydrogens is 404 g/mol. The molecule has 0 aliphatic heterocycles. The largest absolute Gasteiger partial charge is 0.490 e. The third-order valence-electron chi connectivity index (χ3n) is 3.17. The minimum absolute atomic E-state index is 0.196. The van der Waals surface area contributed by atoms with Gasteiger partial charge >= 0.3 is 5.97 Å². The molecule has 0 unspecified atom stereocenters. The van der Waals surface area contributed by atoms with Crippen LogP contribution in [0.5, 0.6) is 11.5 Å². The van der Waals surface area contributed by atoms with E-state index in [9.17, 15) is 4.79 Å². The molecule has 8 nitrogen and oxygen atoms in total. The number of ether oxygens (including phenoxy) is 3. The van der Waals surface area contributed by atoms with E-state index in [-0.39, 0.29) is 6.61 Å². The van der Waals surface area contributed by atoms with Crippen LogP contribution in [-0.4, -0.2) is 41.7 Å². The second kappa shape index (κ2) is 9.23. The summed E-state index contributed by atoms with van der Waals surface area (Å²) in [5.41, 5.74) is 7.30. The maximum Gasteiger partial charge on any atom is 0.344 e. The molecular formula is C17H21BrN4O4. The number of nitrogen functional groups attached to an aromatic ring is 1. The zero-order chi connectivity index (χ0) is 19.1. The van der Waals surface area contributed by atoms with E-state index in [1.807, 2.05) is 13.8 Å². The highest BCUT2D eigenvalue weighted by atomic mass is 79.9. The quantitative estimate of drug-likeness (QED) is 0.516. The van der Waals surface area contributed by atoms with Gasteiger partial charge in [-0.2, -0.15) is 5.10 Å². The molecule has 0 fully saturated rings. The lowest BCUT2D eigenvalue weighted by Gasteiger charge is -2.13. The van der Waals surface area contributed by atoms with E-state index in [2.05, 4.69) is 26.0 Å². The van der Waals surface area contributed by atoms with Crippen molar-refractivity contribution in [3.63, 3.8) is 0 Å². The Hall–Kier alpha value is -2.55. The summed E-state index contributed by atoms with van der Waals surface area (Å²) in [6.45, 7) is 5.99. The van der Waals surface area contributed by atoms with Crippen molar-refractivity contribution in [3.8, 4) is 11.5 Å². The second-order valence-corrected chi connectivity index (χ2v) is 6.03. The number of nitrogens with zero attached hydrogens (tertiary/aromatic N) is 3. The molecule has 0 saturated heterocycles. The molecule has 2 N–H and O–H groups in total. The maximum absolute atomic E-state index is 11.5. The van der Waals surface area contributed by atoms with Crippen molar-refractivity contribution in [2.45, 2.75) is 20.8 Å². The Labute approximate surface area is 160 Å². The first-order valence-corrected chi connectivity index (χ1v) is 8.84. The molecule has 0 aliphatic carbocycles. The van der Waals surface area contributed by atoms with Crippen LogP contribution in [0.15, 0.2) is 27.9 Å². The van der Waals surface area contributed by atoms with Crippen LogP contribution < -0.4 is 15.2 Å². The Morgan fingerprint density at radius 1 is 1.31 bits per heavy atom. The molecule has 0 radical (unpaired) electrons. The van der Waals surface area contributed by atoms with Crippen LogP contribution in [0.4, 0.5) is 5.95 Å². The van der Waals surface area contributed by atoms with Crippen LogP contribution in [-0.2, 0) is 9.53 Å². The third-order valence-corrected chi connectivity index (χ3v) is 3.86. The molecule has 0 amide bonds. The Morgan fingerprint density at radius 2 is 2.04 bits per heavy atom. The highest BCUT2D eigenvalue weighted by Gasteiger charge is 2.12. The van der Waals surface area contributed by atoms with Gasteiger partial charge in [0.1, 0.15) is 0 Å². The Kier molecular flexibility index (Phi) is 7.02. The molecule has 2 aromatic rings. The van der Waals surface area contributed by atoms with Crippen molar-refractivity contribution in [3.05, 3.63) is 34.1 Å². The van der Waals surface area contributed by atoms with Gasteiger partial charge in [-0.05, 0) is 48.8 Å². The summed E-state index contributed by atoms with van der Waals surface area (Å²) >= 11 is 3.47. The van der Waals surface area contributed by atoms with E-state index < -0.39 is 5.97 Å². The fourth-order valence-electron chi connectivity index (χ4n) is 2.09. The predicted octanol–water partition coefficient (Wildman–Crippen LogP) is 2.76. The van der Waals surface area contributed by atoms with Crippen molar-refractivity contribution in [1.82, 2.24) is 9.66 Å². The molecule has 9 heteroatoms. The second-order valence-electron chi connectivity index (χ2n) is 5.18. The smallest absolute Gasteiger partial charge is 0.344 e. The zero-order valence-corrected chi connectivity index (χ0v) is 16.4. The van der Waals surface area contributed by atoms with Crippen LogP contribution in [0.3, 0.4) is 0 Å². The summed E-state index contributed by atoms with van der Waals surface area (Å²) in [7, 11) is 0. The minimum atomic E-state index is -0.442. The molecule has 26 heavy (non-hydrogen) atoms. The van der Waals surface area contributed by atoms with Gasteiger partial charge in [0.2, 0.25) is 5.95 Å². The number of esters is 1. The van der Waals surface area contributed by atoms with Crippen molar-refractivity contribution in [1.29, 1.82) is 0 Å². The van der Waals surface area contributed by atoms with Gasteiger partial charge < -0.3 is 19.9 Å². The number of anilines is 1. The number of halogens is 1. The number of aromatic nitrogens is 2. The molecule has 1 heterocycles. The van der Waals surface area contributed by atoms with Crippen LogP contribution in [0.1, 0.15) is 25.1 Å². The van der Waals surface area contributed by atoms with Gasteiger partial charge in [-0.15, -0.1) is 0 Å². The van der Waals surface area contributed by atoms with Gasteiger partial charge in [0.25, 0.3) is 0 Å². The molecule has 2 rings (SSSR count). The number of nitrogens with two attached hydrogens (primary N) is 1. The van der Waals surface area contributed by atoms with E-state index in [1.54, 1.807) is 31.5 Å². The molecule has 1 aromatic heterocycles. The van der Waals surface area contributed by atoms with E-state index in [0.29, 0.717) is 30.7 Å². The standard InChI is InChI=1S/C17H21BrN4O4/c1-4-24-14-6-12(8-20-22-9-11(3)21-17(22)19)13(18)7-15(14)26-10-16(23)25-5-2/h6-9H,4-5,10H2,1-3H3,(H2,19,21). The van der Waals surface area contributed by atoms with Crippen LogP contribution in [0.2, 0.25) is 0 Å². The van der Waals surface area contributed by atoms with Gasteiger partial charge in [0.15, 0.2) is 18.1 Å². The first-order valence-electron chi connectivity index (χ1n) is 8.05. The lowest BCUT2D eigenvalue weighted by Crippen LogP contribution is -2.15. The number of carbonyl (C=O) groups excluding carboxylic acids is 1. The normalized spacial score (nSPS) is 10.9. The Bertz CT molecular complexity index is 804. The number of aryl methyl sites for hydroxylation is 1. The van der Waals surface area contributed by atoms with Gasteiger partial charge in [-0.25, -0.2) is 14.5 Å². The average Bonchev–Trinajstić information content (AvgIpc) is 2.91. The molecule has 1 aromatic carbocycles. The van der Waals surface area contributed by atoms with Crippen molar-refractivity contribution >= 4 is 34.1 Å². The number of hydrogen-bond acceptors (Lipinski definition) is 7. The van der Waals surface area contributed by atoms with Crippen molar-refractivity contribution in [2.75, 3.05) is 25.6 Å². The fraction of sp³-hybridized carbons (Fsp3) is 0.353. The summed E-state index contributed by atoms with van der Waals surface area (Å²) in [6.07, 6.45) is 3.35. The maximum atomic E-state index is 11.5. The fourth-order valence-corrected chi connectivity index (χ4v) is 2.52. The third kappa shape index (κ3) is 5.22. The molecule has 0 spiro atoms. The SMILES string of the molecule is CCOC(=O)COc1cc(Br)c(C=Nn2cc(C)nc2N)cc1OCC. The number of rotatable bonds is 8. The molecule has 0 aliphatic rings. The van der Waals surface area contributed by atoms with Crippen LogP contribution in [0.25, 0.3) is 0 Å². The highest BCUT2D eigenvalue weighted by Crippen LogP contribution is 2.33. The summed E-state index contributed by atoms with van der Waals surface area (Å²) in [4.78, 5) is 15.6. The number of carbonyl (C=O) groups is 1. The van der Waals surface area contributed by atoms with Gasteiger partial charge in [-0.1, -0.05) is 0 Å². The first kappa shape index (κ1) is 19.8. The Balaban J connectivity index is 2.24. The lowest BCUT2D eigenvalue weighted by atomic mass is 10.2. The van der Waals surface area contributed by atoms with E-state index in [1.165, 1.54) is 4.68 Å². The van der Waals surface area contributed by atoms with E-state index in [0.717, 1.165) is 15.7 Å².